The average Bonchev–Trinajstić information content (AvgIpc) is 2.55. The monoisotopic (exact) mass is 344 g/mol. The van der Waals surface area contributed by atoms with Gasteiger partial charge < -0.3 is 15.3 Å². The van der Waals surface area contributed by atoms with E-state index < -0.39 is 29.3 Å². The normalized spacial score (nSPS) is 18.3. The van der Waals surface area contributed by atoms with E-state index in [0.29, 0.717) is 31.9 Å². The fourth-order valence-electron chi connectivity index (χ4n) is 2.69. The predicted molar refractivity (Wildman–Crippen MR) is 81.3 cm³/mol. The number of phenolic OH excluding ortho intramolecular Hbond substituents is 1. The van der Waals surface area contributed by atoms with Crippen LogP contribution in [-0.2, 0) is 15.8 Å². The first-order valence-corrected chi connectivity index (χ1v) is 7.71. The molecule has 1 heterocycles. The zero-order valence-electron chi connectivity index (χ0n) is 13.2. The van der Waals surface area contributed by atoms with E-state index in [1.165, 1.54) is 0 Å². The molecule has 1 saturated heterocycles. The zero-order valence-corrected chi connectivity index (χ0v) is 13.2. The molecule has 5 nitrogen and oxygen atoms in total. The Labute approximate surface area is 137 Å². The van der Waals surface area contributed by atoms with Gasteiger partial charge in [-0.2, -0.15) is 13.2 Å². The molecule has 1 aliphatic rings. The van der Waals surface area contributed by atoms with Gasteiger partial charge in [0.25, 0.3) is 0 Å². The van der Waals surface area contributed by atoms with E-state index in [1.54, 1.807) is 11.8 Å². The van der Waals surface area contributed by atoms with Crippen LogP contribution in [-0.4, -0.2) is 34.9 Å². The number of alkyl halides is 3. The number of carbonyl (C=O) groups is 2. The summed E-state index contributed by atoms with van der Waals surface area (Å²) in [6.45, 7) is 2.54. The average molecular weight is 344 g/mol. The van der Waals surface area contributed by atoms with Crippen molar-refractivity contribution in [2.24, 2.45) is 5.92 Å². The number of hydrogen-bond acceptors (Lipinski definition) is 3. The van der Waals surface area contributed by atoms with Crippen molar-refractivity contribution >= 4 is 17.5 Å². The second-order valence-electron chi connectivity index (χ2n) is 5.75. The Bertz CT molecular complexity index is 631. The number of nitrogens with one attached hydrogen (secondary N) is 1. The molecule has 1 aromatic carbocycles. The number of benzene rings is 1. The molecular formula is C16H19F3N2O3. The number of anilines is 1. The third kappa shape index (κ3) is 4.18. The first-order chi connectivity index (χ1) is 11.2. The van der Waals surface area contributed by atoms with Crippen LogP contribution in [0.2, 0.25) is 0 Å². The van der Waals surface area contributed by atoms with Gasteiger partial charge in [-0.3, -0.25) is 9.59 Å². The van der Waals surface area contributed by atoms with Crippen molar-refractivity contribution in [2.45, 2.75) is 32.4 Å². The molecule has 1 aromatic rings. The molecule has 1 aliphatic heterocycles. The van der Waals surface area contributed by atoms with Gasteiger partial charge in [-0.1, -0.05) is 6.92 Å². The van der Waals surface area contributed by atoms with Crippen molar-refractivity contribution in [3.63, 3.8) is 0 Å². The molecule has 0 aliphatic carbocycles. The summed E-state index contributed by atoms with van der Waals surface area (Å²) in [6.07, 6.45) is -3.04. The van der Waals surface area contributed by atoms with Crippen LogP contribution in [0.15, 0.2) is 18.2 Å². The highest BCUT2D eigenvalue weighted by molar-refractivity contribution is 5.94. The summed E-state index contributed by atoms with van der Waals surface area (Å²) in [5.74, 6) is -1.51. The van der Waals surface area contributed by atoms with Gasteiger partial charge in [0.1, 0.15) is 5.75 Å². The Balaban J connectivity index is 2.10. The Morgan fingerprint density at radius 1 is 1.38 bits per heavy atom. The lowest BCUT2D eigenvalue weighted by Gasteiger charge is -2.32. The van der Waals surface area contributed by atoms with Gasteiger partial charge in [0, 0.05) is 19.5 Å². The number of hydrogen-bond donors (Lipinski definition) is 2. The van der Waals surface area contributed by atoms with E-state index in [0.717, 1.165) is 12.1 Å². The van der Waals surface area contributed by atoms with E-state index in [2.05, 4.69) is 5.32 Å². The number of rotatable bonds is 3. The molecule has 0 spiro atoms. The minimum Gasteiger partial charge on any atom is -0.506 e. The highest BCUT2D eigenvalue weighted by atomic mass is 19.4. The van der Waals surface area contributed by atoms with Crippen molar-refractivity contribution in [1.82, 2.24) is 4.90 Å². The SMILES string of the molecule is CCC(=O)N1CCCC(C(=O)Nc2cc(C(F)(F)F)ccc2O)C1. The Morgan fingerprint density at radius 3 is 2.71 bits per heavy atom. The number of likely N-dealkylation sites (tertiary alicyclic amines) is 1. The van der Waals surface area contributed by atoms with Crippen LogP contribution in [0.1, 0.15) is 31.7 Å². The molecule has 24 heavy (non-hydrogen) atoms. The zero-order chi connectivity index (χ0) is 17.9. The number of phenols is 1. The first-order valence-electron chi connectivity index (χ1n) is 7.71. The molecule has 1 unspecified atom stereocenters. The summed E-state index contributed by atoms with van der Waals surface area (Å²) in [4.78, 5) is 25.6. The molecule has 2 amide bonds. The van der Waals surface area contributed by atoms with E-state index in [9.17, 15) is 27.9 Å². The minimum atomic E-state index is -4.57. The van der Waals surface area contributed by atoms with Crippen molar-refractivity contribution in [3.8, 4) is 5.75 Å². The largest absolute Gasteiger partial charge is 0.506 e. The van der Waals surface area contributed by atoms with Gasteiger partial charge in [-0.25, -0.2) is 0 Å². The number of amides is 2. The molecular weight excluding hydrogens is 325 g/mol. The fourth-order valence-corrected chi connectivity index (χ4v) is 2.69. The molecule has 1 atom stereocenters. The lowest BCUT2D eigenvalue weighted by Crippen LogP contribution is -2.43. The Hall–Kier alpha value is -2.25. The van der Waals surface area contributed by atoms with Crippen LogP contribution in [0.5, 0.6) is 5.75 Å². The van der Waals surface area contributed by atoms with Gasteiger partial charge in [-0.15, -0.1) is 0 Å². The number of aromatic hydroxyl groups is 1. The highest BCUT2D eigenvalue weighted by Gasteiger charge is 2.32. The topological polar surface area (TPSA) is 69.6 Å². The Morgan fingerprint density at radius 2 is 2.08 bits per heavy atom. The van der Waals surface area contributed by atoms with Crippen molar-refractivity contribution in [2.75, 3.05) is 18.4 Å². The maximum absolute atomic E-state index is 12.7. The van der Waals surface area contributed by atoms with Gasteiger partial charge in [0.05, 0.1) is 17.2 Å². The molecule has 1 fully saturated rings. The molecule has 132 valence electrons. The van der Waals surface area contributed by atoms with Gasteiger partial charge in [0.2, 0.25) is 11.8 Å². The molecule has 2 rings (SSSR count). The predicted octanol–water partition coefficient (Wildman–Crippen LogP) is 3.00. The number of halogens is 3. The fraction of sp³-hybridized carbons (Fsp3) is 0.500. The van der Waals surface area contributed by atoms with E-state index in [-0.39, 0.29) is 18.1 Å². The Kier molecular flexibility index (Phi) is 5.36. The number of piperidine rings is 1. The highest BCUT2D eigenvalue weighted by Crippen LogP contribution is 2.34. The summed E-state index contributed by atoms with van der Waals surface area (Å²) in [5.41, 5.74) is -1.24. The number of nitrogens with zero attached hydrogens (tertiary/aromatic N) is 1. The summed E-state index contributed by atoms with van der Waals surface area (Å²) in [6, 6.07) is 2.34. The van der Waals surface area contributed by atoms with Crippen molar-refractivity contribution in [1.29, 1.82) is 0 Å². The molecule has 8 heteroatoms. The van der Waals surface area contributed by atoms with Crippen LogP contribution in [0.4, 0.5) is 18.9 Å². The maximum Gasteiger partial charge on any atom is 0.416 e. The minimum absolute atomic E-state index is 0.0607. The van der Waals surface area contributed by atoms with Crippen LogP contribution < -0.4 is 5.32 Å². The van der Waals surface area contributed by atoms with Gasteiger partial charge in [-0.05, 0) is 31.0 Å². The second-order valence-corrected chi connectivity index (χ2v) is 5.75. The molecule has 2 N–H and O–H groups in total. The third-order valence-electron chi connectivity index (χ3n) is 4.03. The molecule has 0 saturated carbocycles. The molecule has 0 aromatic heterocycles. The lowest BCUT2D eigenvalue weighted by atomic mass is 9.96. The second kappa shape index (κ2) is 7.11. The number of carbonyl (C=O) groups excluding carboxylic acids is 2. The van der Waals surface area contributed by atoms with Crippen molar-refractivity contribution < 1.29 is 27.9 Å². The maximum atomic E-state index is 12.7. The van der Waals surface area contributed by atoms with Crippen LogP contribution >= 0.6 is 0 Å². The summed E-state index contributed by atoms with van der Waals surface area (Å²) >= 11 is 0. The summed E-state index contributed by atoms with van der Waals surface area (Å²) in [5, 5.41) is 12.0. The van der Waals surface area contributed by atoms with Crippen molar-refractivity contribution in [3.05, 3.63) is 23.8 Å². The van der Waals surface area contributed by atoms with E-state index in [4.69, 9.17) is 0 Å². The summed E-state index contributed by atoms with van der Waals surface area (Å²) < 4.78 is 38.2. The van der Waals surface area contributed by atoms with Gasteiger partial charge >= 0.3 is 6.18 Å². The van der Waals surface area contributed by atoms with Crippen LogP contribution in [0, 0.1) is 5.92 Å². The lowest BCUT2D eigenvalue weighted by molar-refractivity contribution is -0.138. The standard InChI is InChI=1S/C16H19F3N2O3/c1-2-14(23)21-7-3-4-10(9-21)15(24)20-12-8-11(16(17,18)19)5-6-13(12)22/h5-6,8,10,22H,2-4,7,9H2,1H3,(H,20,24). The first kappa shape index (κ1) is 18.1. The molecule has 0 radical (unpaired) electrons. The van der Waals surface area contributed by atoms with Crippen LogP contribution in [0.3, 0.4) is 0 Å². The molecule has 0 bridgehead atoms. The van der Waals surface area contributed by atoms with Crippen LogP contribution in [0.25, 0.3) is 0 Å². The van der Waals surface area contributed by atoms with Gasteiger partial charge in [0.15, 0.2) is 0 Å². The third-order valence-corrected chi connectivity index (χ3v) is 4.03. The quantitative estimate of drug-likeness (QED) is 0.828. The smallest absolute Gasteiger partial charge is 0.416 e. The van der Waals surface area contributed by atoms with E-state index in [1.807, 2.05) is 0 Å². The van der Waals surface area contributed by atoms with E-state index >= 15 is 0 Å². The summed E-state index contributed by atoms with van der Waals surface area (Å²) in [7, 11) is 0.